The Bertz CT molecular complexity index is 1980. The van der Waals surface area contributed by atoms with Crippen LogP contribution in [0, 0.1) is 18.8 Å². The van der Waals surface area contributed by atoms with Crippen LogP contribution in [0.1, 0.15) is 45.8 Å². The molecule has 210 valence electrons. The van der Waals surface area contributed by atoms with Crippen LogP contribution in [0.5, 0.6) is 0 Å². The Morgan fingerprint density at radius 2 is 1.83 bits per heavy atom. The van der Waals surface area contributed by atoms with Crippen molar-refractivity contribution in [2.45, 2.75) is 19.9 Å². The highest BCUT2D eigenvalue weighted by atomic mass is 16.2. The van der Waals surface area contributed by atoms with Gasteiger partial charge in [-0.2, -0.15) is 10.2 Å². The number of nitrogen functional groups attached to an aromatic ring is 1. The number of fused-ring (bicyclic) bond motifs is 1. The van der Waals surface area contributed by atoms with Crippen LogP contribution in [0.4, 0.5) is 11.6 Å². The highest BCUT2D eigenvalue weighted by Gasteiger charge is 2.25. The quantitative estimate of drug-likeness (QED) is 0.240. The fourth-order valence-electron chi connectivity index (χ4n) is 4.77. The molecule has 2 aromatic carbocycles. The Hall–Kier alpha value is -5.69. The number of hydrogen-bond acceptors (Lipinski definition) is 6. The van der Waals surface area contributed by atoms with Gasteiger partial charge in [-0.1, -0.05) is 54.8 Å². The van der Waals surface area contributed by atoms with Gasteiger partial charge in [0.05, 0.1) is 28.9 Å². The Morgan fingerprint density at radius 1 is 1.10 bits per heavy atom. The van der Waals surface area contributed by atoms with Gasteiger partial charge in [0.1, 0.15) is 5.56 Å². The van der Waals surface area contributed by atoms with Crippen LogP contribution in [-0.4, -0.2) is 36.2 Å². The highest BCUT2D eigenvalue weighted by molar-refractivity contribution is 6.03. The average molecular weight is 559 g/mol. The molecule has 0 aliphatic heterocycles. The minimum Gasteiger partial charge on any atom is -0.381 e. The molecule has 0 radical (unpaired) electrons. The average Bonchev–Trinajstić information content (AvgIpc) is 3.45. The summed E-state index contributed by atoms with van der Waals surface area (Å²) in [7, 11) is 3.51. The van der Waals surface area contributed by atoms with E-state index >= 15 is 0 Å². The molecule has 5 aromatic rings. The van der Waals surface area contributed by atoms with E-state index in [1.807, 2.05) is 75.5 Å². The molecule has 10 heteroatoms. The fourth-order valence-corrected chi connectivity index (χ4v) is 4.77. The molecular formula is C32H30N8O2. The first-order chi connectivity index (χ1) is 20.2. The third-order valence-corrected chi connectivity index (χ3v) is 7.02. The third kappa shape index (κ3) is 5.11. The van der Waals surface area contributed by atoms with E-state index < -0.39 is 11.9 Å². The van der Waals surface area contributed by atoms with Crippen LogP contribution in [0.25, 0.3) is 16.5 Å². The first kappa shape index (κ1) is 27.9. The van der Waals surface area contributed by atoms with Crippen LogP contribution in [0.15, 0.2) is 83.2 Å². The smallest absolute Gasteiger partial charge is 0.264 e. The number of allylic oxidation sites excluding steroid dienone is 1. The Kier molecular flexibility index (Phi) is 7.58. The van der Waals surface area contributed by atoms with E-state index in [1.54, 1.807) is 22.5 Å². The molecule has 0 saturated heterocycles. The maximum absolute atomic E-state index is 14.2. The van der Waals surface area contributed by atoms with Crippen molar-refractivity contribution in [2.24, 2.45) is 19.1 Å². The molecule has 0 aliphatic carbocycles. The lowest BCUT2D eigenvalue weighted by atomic mass is 10.0. The van der Waals surface area contributed by atoms with Crippen molar-refractivity contribution in [1.29, 1.82) is 0 Å². The largest absolute Gasteiger partial charge is 0.381 e. The molecule has 3 N–H and O–H groups in total. The fraction of sp³-hybridized carbons (Fsp3) is 0.156. The highest BCUT2D eigenvalue weighted by Crippen LogP contribution is 2.27. The van der Waals surface area contributed by atoms with E-state index in [1.165, 1.54) is 17.0 Å². The van der Waals surface area contributed by atoms with Crippen LogP contribution < -0.4 is 16.6 Å². The Balaban J connectivity index is 1.64. The number of aryl methyl sites for hydroxylation is 2. The van der Waals surface area contributed by atoms with Gasteiger partial charge >= 0.3 is 0 Å². The van der Waals surface area contributed by atoms with Crippen LogP contribution in [0.2, 0.25) is 0 Å². The number of para-hydroxylation sites is 1. The van der Waals surface area contributed by atoms with Gasteiger partial charge in [-0.25, -0.2) is 9.67 Å². The SMILES string of the molecule is C=C/C=N\c1c(C(=O)NC(C)c2cc3cccc(C#Cc4cnn(C)c4C)c3c(=O)n2-c2ccccc2)c(N)nn1C. The maximum atomic E-state index is 14.2. The van der Waals surface area contributed by atoms with E-state index in [4.69, 9.17) is 5.73 Å². The molecule has 10 nitrogen and oxygen atoms in total. The number of nitrogens with one attached hydrogen (secondary N) is 1. The molecular weight excluding hydrogens is 528 g/mol. The van der Waals surface area contributed by atoms with Crippen LogP contribution >= 0.6 is 0 Å². The van der Waals surface area contributed by atoms with E-state index in [9.17, 15) is 9.59 Å². The number of aromatic nitrogens is 5. The van der Waals surface area contributed by atoms with Crippen molar-refractivity contribution in [3.8, 4) is 17.5 Å². The van der Waals surface area contributed by atoms with Gasteiger partial charge in [0, 0.05) is 37.3 Å². The van der Waals surface area contributed by atoms with Crippen molar-refractivity contribution in [3.05, 3.63) is 112 Å². The van der Waals surface area contributed by atoms with Gasteiger partial charge in [0.15, 0.2) is 11.6 Å². The predicted octanol–water partition coefficient (Wildman–Crippen LogP) is 4.13. The minimum absolute atomic E-state index is 0.0458. The monoisotopic (exact) mass is 558 g/mol. The summed E-state index contributed by atoms with van der Waals surface area (Å²) in [5, 5.41) is 12.6. The molecule has 1 amide bonds. The van der Waals surface area contributed by atoms with E-state index in [0.29, 0.717) is 33.5 Å². The lowest BCUT2D eigenvalue weighted by Gasteiger charge is -2.21. The molecule has 5 rings (SSSR count). The summed E-state index contributed by atoms with van der Waals surface area (Å²) in [5.74, 6) is 6.21. The number of rotatable bonds is 6. The number of pyridine rings is 1. The molecule has 3 heterocycles. The number of amides is 1. The lowest BCUT2D eigenvalue weighted by molar-refractivity contribution is 0.0940. The zero-order valence-electron chi connectivity index (χ0n) is 23.8. The van der Waals surface area contributed by atoms with E-state index in [-0.39, 0.29) is 16.9 Å². The summed E-state index contributed by atoms with van der Waals surface area (Å²) in [5.41, 5.74) is 9.53. The summed E-state index contributed by atoms with van der Waals surface area (Å²) < 4.78 is 4.79. The van der Waals surface area contributed by atoms with Crippen LogP contribution in [-0.2, 0) is 14.1 Å². The standard InChI is InChI=1S/C32H30N8O2/c1-6-17-34-30-28(29(33)37-39(30)5)31(41)36-20(2)26-18-23-12-10-11-22(15-16-24-19-35-38(4)21(24)3)27(23)32(42)40(26)25-13-8-7-9-14-25/h6-14,17-20H,1H2,2-5H3,(H2,33,37)(H,36,41)/b34-17-. The van der Waals surface area contributed by atoms with Gasteiger partial charge in [0.2, 0.25) is 0 Å². The molecule has 0 bridgehead atoms. The summed E-state index contributed by atoms with van der Waals surface area (Å²) in [6.07, 6.45) is 4.67. The topological polar surface area (TPSA) is 125 Å². The molecule has 0 spiro atoms. The van der Waals surface area contributed by atoms with Crippen molar-refractivity contribution in [2.75, 3.05) is 5.73 Å². The maximum Gasteiger partial charge on any atom is 0.264 e. The van der Waals surface area contributed by atoms with Gasteiger partial charge < -0.3 is 11.1 Å². The molecule has 0 fully saturated rings. The second-order valence-corrected chi connectivity index (χ2v) is 9.75. The summed E-state index contributed by atoms with van der Waals surface area (Å²) in [6, 6.07) is 16.2. The molecule has 0 aliphatic rings. The van der Waals surface area contributed by atoms with Crippen molar-refractivity contribution in [3.63, 3.8) is 0 Å². The normalized spacial score (nSPS) is 11.8. The Labute approximate surface area is 242 Å². The number of carbonyl (C=O) groups is 1. The molecule has 1 atom stereocenters. The number of aliphatic imine (C=N–C) groups is 1. The third-order valence-electron chi connectivity index (χ3n) is 7.02. The number of nitrogens with two attached hydrogens (primary N) is 1. The number of hydrogen-bond donors (Lipinski definition) is 2. The Morgan fingerprint density at radius 3 is 2.52 bits per heavy atom. The first-order valence-corrected chi connectivity index (χ1v) is 13.2. The van der Waals surface area contributed by atoms with Crippen molar-refractivity contribution < 1.29 is 4.79 Å². The number of anilines is 1. The number of benzene rings is 2. The number of nitrogens with zero attached hydrogens (tertiary/aromatic N) is 6. The van der Waals surface area contributed by atoms with Gasteiger partial charge in [-0.05, 0) is 43.5 Å². The van der Waals surface area contributed by atoms with Crippen LogP contribution in [0.3, 0.4) is 0 Å². The van der Waals surface area contributed by atoms with Crippen molar-refractivity contribution >= 4 is 34.5 Å². The summed E-state index contributed by atoms with van der Waals surface area (Å²) in [6.45, 7) is 7.38. The van der Waals surface area contributed by atoms with Gasteiger partial charge in [-0.3, -0.25) is 18.8 Å². The van der Waals surface area contributed by atoms with E-state index in [0.717, 1.165) is 11.3 Å². The predicted molar refractivity (Wildman–Crippen MR) is 165 cm³/mol. The second kappa shape index (κ2) is 11.4. The second-order valence-electron chi connectivity index (χ2n) is 9.75. The van der Waals surface area contributed by atoms with E-state index in [2.05, 4.69) is 38.9 Å². The molecule has 3 aromatic heterocycles. The first-order valence-electron chi connectivity index (χ1n) is 13.2. The zero-order chi connectivity index (χ0) is 30.0. The number of carbonyl (C=O) groups excluding carboxylic acids is 1. The summed E-state index contributed by atoms with van der Waals surface area (Å²) >= 11 is 0. The lowest BCUT2D eigenvalue weighted by Crippen LogP contribution is -2.32. The van der Waals surface area contributed by atoms with Crippen molar-refractivity contribution in [1.82, 2.24) is 29.4 Å². The van der Waals surface area contributed by atoms with Gasteiger partial charge in [0.25, 0.3) is 11.5 Å². The summed E-state index contributed by atoms with van der Waals surface area (Å²) in [4.78, 5) is 32.0. The zero-order valence-corrected chi connectivity index (χ0v) is 23.8. The molecule has 42 heavy (non-hydrogen) atoms. The molecule has 0 saturated carbocycles. The van der Waals surface area contributed by atoms with Gasteiger partial charge in [-0.15, -0.1) is 0 Å². The molecule has 1 unspecified atom stereocenters. The minimum atomic E-state index is -0.599.